The summed E-state index contributed by atoms with van der Waals surface area (Å²) >= 11 is 0. The Morgan fingerprint density at radius 3 is 2.26 bits per heavy atom. The van der Waals surface area contributed by atoms with Crippen LogP contribution in [0.1, 0.15) is 21.5 Å². The first-order chi connectivity index (χ1) is 14.8. The normalized spacial score (nSPS) is 11.0. The Bertz CT molecular complexity index is 1170. The van der Waals surface area contributed by atoms with Gasteiger partial charge >= 0.3 is 12.0 Å². The molecular formula is C21H20N4O5S. The summed E-state index contributed by atoms with van der Waals surface area (Å²) in [6.07, 6.45) is 3.25. The predicted molar refractivity (Wildman–Crippen MR) is 114 cm³/mol. The second kappa shape index (κ2) is 9.83. The van der Waals surface area contributed by atoms with E-state index in [1.54, 1.807) is 42.7 Å². The van der Waals surface area contributed by atoms with Crippen molar-refractivity contribution < 1.29 is 23.1 Å². The molecular weight excluding hydrogens is 420 g/mol. The van der Waals surface area contributed by atoms with Gasteiger partial charge in [-0.1, -0.05) is 18.2 Å². The van der Waals surface area contributed by atoms with Gasteiger partial charge in [-0.2, -0.15) is 0 Å². The van der Waals surface area contributed by atoms with Crippen molar-refractivity contribution in [2.45, 2.75) is 18.0 Å². The SMILES string of the molecule is O=C(NCc1ccncc1)Nc1ccc(S(=O)(=O)NCc2ccccc2C(=O)O)cc1. The van der Waals surface area contributed by atoms with Crippen LogP contribution in [0.3, 0.4) is 0 Å². The van der Waals surface area contributed by atoms with Crippen molar-refractivity contribution in [2.75, 3.05) is 5.32 Å². The second-order valence-corrected chi connectivity index (χ2v) is 8.24. The first kappa shape index (κ1) is 21.9. The van der Waals surface area contributed by atoms with E-state index in [2.05, 4.69) is 20.3 Å². The Hall–Kier alpha value is -3.76. The fraction of sp³-hybridized carbons (Fsp3) is 0.0952. The molecule has 2 aromatic carbocycles. The van der Waals surface area contributed by atoms with Crippen molar-refractivity contribution in [3.8, 4) is 0 Å². The van der Waals surface area contributed by atoms with Crippen LogP contribution >= 0.6 is 0 Å². The number of anilines is 1. The molecule has 0 unspecified atom stereocenters. The quantitative estimate of drug-likeness (QED) is 0.425. The highest BCUT2D eigenvalue weighted by atomic mass is 32.2. The van der Waals surface area contributed by atoms with Crippen molar-refractivity contribution in [1.82, 2.24) is 15.0 Å². The fourth-order valence-corrected chi connectivity index (χ4v) is 3.72. The van der Waals surface area contributed by atoms with Crippen LogP contribution in [-0.2, 0) is 23.1 Å². The van der Waals surface area contributed by atoms with E-state index in [-0.39, 0.29) is 17.0 Å². The van der Waals surface area contributed by atoms with Crippen molar-refractivity contribution in [2.24, 2.45) is 0 Å². The third-order valence-corrected chi connectivity index (χ3v) is 5.74. The molecule has 9 nitrogen and oxygen atoms in total. The smallest absolute Gasteiger partial charge is 0.336 e. The zero-order chi connectivity index (χ0) is 22.3. The molecule has 0 fully saturated rings. The number of aromatic nitrogens is 1. The number of carbonyl (C=O) groups excluding carboxylic acids is 1. The molecule has 0 saturated carbocycles. The van der Waals surface area contributed by atoms with Crippen LogP contribution < -0.4 is 15.4 Å². The molecule has 0 aliphatic rings. The van der Waals surface area contributed by atoms with Crippen molar-refractivity contribution in [3.63, 3.8) is 0 Å². The summed E-state index contributed by atoms with van der Waals surface area (Å²) in [7, 11) is -3.87. The van der Waals surface area contributed by atoms with Crippen LogP contribution in [0.15, 0.2) is 78.0 Å². The zero-order valence-corrected chi connectivity index (χ0v) is 17.1. The molecule has 2 amide bonds. The minimum absolute atomic E-state index is 0.0111. The number of carboxylic acids is 1. The van der Waals surface area contributed by atoms with Gasteiger partial charge in [-0.05, 0) is 53.6 Å². The highest BCUT2D eigenvalue weighted by Gasteiger charge is 2.16. The predicted octanol–water partition coefficient (Wildman–Crippen LogP) is 2.58. The monoisotopic (exact) mass is 440 g/mol. The summed E-state index contributed by atoms with van der Waals surface area (Å²) in [5.74, 6) is -1.13. The van der Waals surface area contributed by atoms with Gasteiger partial charge in [0.05, 0.1) is 10.5 Å². The van der Waals surface area contributed by atoms with Gasteiger partial charge in [0, 0.05) is 31.2 Å². The first-order valence-electron chi connectivity index (χ1n) is 9.20. The van der Waals surface area contributed by atoms with Crippen LogP contribution in [0.5, 0.6) is 0 Å². The standard InChI is InChI=1S/C21H20N4O5S/c26-20(27)19-4-2-1-3-16(19)14-24-31(29,30)18-7-5-17(6-8-18)25-21(28)23-13-15-9-11-22-12-10-15/h1-12,24H,13-14H2,(H,26,27)(H2,23,25,28). The Labute approximate surface area is 179 Å². The molecule has 10 heteroatoms. The van der Waals surface area contributed by atoms with Crippen LogP contribution in [0.4, 0.5) is 10.5 Å². The number of sulfonamides is 1. The number of amides is 2. The minimum atomic E-state index is -3.87. The summed E-state index contributed by atoms with van der Waals surface area (Å²) < 4.78 is 27.4. The highest BCUT2D eigenvalue weighted by molar-refractivity contribution is 7.89. The van der Waals surface area contributed by atoms with Gasteiger partial charge in [-0.3, -0.25) is 4.98 Å². The van der Waals surface area contributed by atoms with E-state index in [0.717, 1.165) is 5.56 Å². The van der Waals surface area contributed by atoms with E-state index >= 15 is 0 Å². The summed E-state index contributed by atoms with van der Waals surface area (Å²) in [6.45, 7) is 0.158. The molecule has 4 N–H and O–H groups in total. The number of nitrogens with zero attached hydrogens (tertiary/aromatic N) is 1. The fourth-order valence-electron chi connectivity index (χ4n) is 2.71. The molecule has 0 spiro atoms. The zero-order valence-electron chi connectivity index (χ0n) is 16.3. The van der Waals surface area contributed by atoms with Gasteiger partial charge in [-0.15, -0.1) is 0 Å². The molecule has 3 rings (SSSR count). The maximum atomic E-state index is 12.5. The van der Waals surface area contributed by atoms with Crippen molar-refractivity contribution in [3.05, 3.63) is 89.7 Å². The molecule has 0 radical (unpaired) electrons. The molecule has 3 aromatic rings. The Morgan fingerprint density at radius 1 is 0.903 bits per heavy atom. The Kier molecular flexibility index (Phi) is 6.96. The van der Waals surface area contributed by atoms with E-state index in [1.165, 1.54) is 30.3 Å². The number of aromatic carboxylic acids is 1. The van der Waals surface area contributed by atoms with Gasteiger partial charge in [0.2, 0.25) is 10.0 Å². The molecule has 1 heterocycles. The van der Waals surface area contributed by atoms with Gasteiger partial charge in [0.1, 0.15) is 0 Å². The average molecular weight is 440 g/mol. The lowest BCUT2D eigenvalue weighted by atomic mass is 10.1. The molecule has 1 aromatic heterocycles. The number of carbonyl (C=O) groups is 2. The van der Waals surface area contributed by atoms with E-state index in [4.69, 9.17) is 0 Å². The number of urea groups is 1. The number of nitrogens with one attached hydrogen (secondary N) is 3. The van der Waals surface area contributed by atoms with E-state index in [9.17, 15) is 23.1 Å². The number of rotatable bonds is 8. The number of benzene rings is 2. The summed E-state index contributed by atoms with van der Waals surface area (Å²) in [6, 6.07) is 14.9. The maximum absolute atomic E-state index is 12.5. The van der Waals surface area contributed by atoms with Crippen LogP contribution in [0.2, 0.25) is 0 Å². The maximum Gasteiger partial charge on any atom is 0.336 e. The number of hydrogen-bond acceptors (Lipinski definition) is 5. The minimum Gasteiger partial charge on any atom is -0.478 e. The van der Waals surface area contributed by atoms with Crippen molar-refractivity contribution >= 4 is 27.7 Å². The summed E-state index contributed by atoms with van der Waals surface area (Å²) in [5, 5.41) is 14.5. The highest BCUT2D eigenvalue weighted by Crippen LogP contribution is 2.15. The Balaban J connectivity index is 1.58. The number of carboxylic acid groups (broad SMARTS) is 1. The molecule has 160 valence electrons. The molecule has 0 aliphatic heterocycles. The van der Waals surface area contributed by atoms with Gasteiger partial charge < -0.3 is 15.7 Å². The van der Waals surface area contributed by atoms with Crippen LogP contribution in [0.25, 0.3) is 0 Å². The first-order valence-corrected chi connectivity index (χ1v) is 10.7. The number of pyridine rings is 1. The van der Waals surface area contributed by atoms with Crippen molar-refractivity contribution in [1.29, 1.82) is 0 Å². The lowest BCUT2D eigenvalue weighted by Crippen LogP contribution is -2.28. The number of hydrogen-bond donors (Lipinski definition) is 4. The third-order valence-electron chi connectivity index (χ3n) is 4.33. The topological polar surface area (TPSA) is 137 Å². The van der Waals surface area contributed by atoms with E-state index in [0.29, 0.717) is 17.8 Å². The second-order valence-electron chi connectivity index (χ2n) is 6.47. The molecule has 0 saturated heterocycles. The third kappa shape index (κ3) is 6.11. The average Bonchev–Trinajstić information content (AvgIpc) is 2.77. The lowest BCUT2D eigenvalue weighted by molar-refractivity contribution is 0.0695. The Morgan fingerprint density at radius 2 is 1.58 bits per heavy atom. The van der Waals surface area contributed by atoms with Gasteiger partial charge in [0.25, 0.3) is 0 Å². The summed E-state index contributed by atoms with van der Waals surface area (Å²) in [4.78, 5) is 27.1. The van der Waals surface area contributed by atoms with Gasteiger partial charge in [0.15, 0.2) is 0 Å². The lowest BCUT2D eigenvalue weighted by Gasteiger charge is -2.10. The van der Waals surface area contributed by atoms with Crippen LogP contribution in [-0.4, -0.2) is 30.5 Å². The van der Waals surface area contributed by atoms with Gasteiger partial charge in [-0.25, -0.2) is 22.7 Å². The largest absolute Gasteiger partial charge is 0.478 e. The molecule has 31 heavy (non-hydrogen) atoms. The molecule has 0 bridgehead atoms. The van der Waals surface area contributed by atoms with E-state index in [1.807, 2.05) is 0 Å². The van der Waals surface area contributed by atoms with Crippen LogP contribution in [0, 0.1) is 0 Å². The van der Waals surface area contributed by atoms with E-state index < -0.39 is 22.0 Å². The molecule has 0 aliphatic carbocycles. The molecule has 0 atom stereocenters. The summed E-state index contributed by atoms with van der Waals surface area (Å²) in [5.41, 5.74) is 1.69.